The van der Waals surface area contributed by atoms with E-state index in [1.807, 2.05) is 36.9 Å². The molecule has 1 aliphatic rings. The molecule has 4 nitrogen and oxygen atoms in total. The number of nitrogens with zero attached hydrogens (tertiary/aromatic N) is 2. The lowest BCUT2D eigenvalue weighted by atomic mass is 10.0. The van der Waals surface area contributed by atoms with Gasteiger partial charge in [-0.3, -0.25) is 14.5 Å². The summed E-state index contributed by atoms with van der Waals surface area (Å²) in [4.78, 5) is 28.7. The molecule has 5 heteroatoms. The second-order valence-electron chi connectivity index (χ2n) is 6.79. The van der Waals surface area contributed by atoms with Crippen LogP contribution >= 0.6 is 0 Å². The highest BCUT2D eigenvalue weighted by Gasteiger charge is 2.25. The first-order valence-electron chi connectivity index (χ1n) is 8.82. The first-order chi connectivity index (χ1) is 12.5. The molecule has 2 aromatic rings. The van der Waals surface area contributed by atoms with Crippen LogP contribution in [0.4, 0.5) is 4.39 Å². The highest BCUT2D eigenvalue weighted by atomic mass is 19.1. The van der Waals surface area contributed by atoms with E-state index in [0.717, 1.165) is 16.7 Å². The Kier molecular flexibility index (Phi) is 5.47. The van der Waals surface area contributed by atoms with Crippen LogP contribution in [0.15, 0.2) is 42.5 Å². The molecule has 136 valence electrons. The van der Waals surface area contributed by atoms with Gasteiger partial charge in [-0.15, -0.1) is 0 Å². The number of carbonyl (C=O) groups excluding carboxylic acids is 2. The largest absolute Gasteiger partial charge is 0.336 e. The Bertz CT molecular complexity index is 827. The van der Waals surface area contributed by atoms with Crippen LogP contribution in [0.25, 0.3) is 0 Å². The van der Waals surface area contributed by atoms with Crippen molar-refractivity contribution in [3.05, 3.63) is 70.5 Å². The quantitative estimate of drug-likeness (QED) is 0.793. The van der Waals surface area contributed by atoms with E-state index in [4.69, 9.17) is 0 Å². The second kappa shape index (κ2) is 7.79. The Labute approximate surface area is 153 Å². The summed E-state index contributed by atoms with van der Waals surface area (Å²) in [5.74, 6) is -0.690. The van der Waals surface area contributed by atoms with Crippen LogP contribution in [0.3, 0.4) is 0 Å². The average molecular weight is 354 g/mol. The van der Waals surface area contributed by atoms with Crippen molar-refractivity contribution >= 4 is 11.7 Å². The van der Waals surface area contributed by atoms with Crippen molar-refractivity contribution in [1.82, 2.24) is 9.80 Å². The van der Waals surface area contributed by atoms with Crippen molar-refractivity contribution in [3.63, 3.8) is 0 Å². The zero-order valence-electron chi connectivity index (χ0n) is 15.2. The Balaban J connectivity index is 1.58. The number of hydrogen-bond acceptors (Lipinski definition) is 3. The molecule has 0 N–H and O–H groups in total. The van der Waals surface area contributed by atoms with E-state index < -0.39 is 5.82 Å². The molecular formula is C21H23FN2O2. The minimum Gasteiger partial charge on any atom is -0.336 e. The number of aryl methyl sites for hydroxylation is 2. The minimum absolute atomic E-state index is 0.0939. The van der Waals surface area contributed by atoms with Crippen LogP contribution in [-0.2, 0) is 0 Å². The molecule has 1 saturated heterocycles. The molecule has 1 amide bonds. The summed E-state index contributed by atoms with van der Waals surface area (Å²) in [6.45, 7) is 6.50. The fourth-order valence-electron chi connectivity index (χ4n) is 3.33. The zero-order valence-corrected chi connectivity index (χ0v) is 15.2. The fourth-order valence-corrected chi connectivity index (χ4v) is 3.33. The molecule has 0 aromatic heterocycles. The predicted octanol–water partition coefficient (Wildman–Crippen LogP) is 3.08. The van der Waals surface area contributed by atoms with E-state index in [1.165, 1.54) is 12.1 Å². The highest BCUT2D eigenvalue weighted by Crippen LogP contribution is 2.15. The maximum atomic E-state index is 13.8. The van der Waals surface area contributed by atoms with Crippen molar-refractivity contribution in [2.75, 3.05) is 32.7 Å². The Morgan fingerprint density at radius 3 is 2.31 bits per heavy atom. The van der Waals surface area contributed by atoms with Gasteiger partial charge in [0, 0.05) is 31.7 Å². The lowest BCUT2D eigenvalue weighted by molar-refractivity contribution is 0.0620. The van der Waals surface area contributed by atoms with Crippen LogP contribution in [0.1, 0.15) is 31.8 Å². The third kappa shape index (κ3) is 3.99. The molecular weight excluding hydrogens is 331 g/mol. The Morgan fingerprint density at radius 1 is 0.962 bits per heavy atom. The number of benzene rings is 2. The van der Waals surface area contributed by atoms with Crippen molar-refractivity contribution in [3.8, 4) is 0 Å². The summed E-state index contributed by atoms with van der Waals surface area (Å²) >= 11 is 0. The summed E-state index contributed by atoms with van der Waals surface area (Å²) in [5.41, 5.74) is 2.98. The van der Waals surface area contributed by atoms with Gasteiger partial charge in [-0.25, -0.2) is 4.39 Å². The minimum atomic E-state index is -0.495. The number of amides is 1. The zero-order chi connectivity index (χ0) is 18.7. The number of Topliss-reactive ketones (excluding diaryl/α,β-unsaturated/α-hetero) is 1. The number of hydrogen-bond donors (Lipinski definition) is 0. The number of halogens is 1. The maximum absolute atomic E-state index is 13.8. The van der Waals surface area contributed by atoms with Gasteiger partial charge >= 0.3 is 0 Å². The molecule has 26 heavy (non-hydrogen) atoms. The Morgan fingerprint density at radius 2 is 1.65 bits per heavy atom. The predicted molar refractivity (Wildman–Crippen MR) is 99.0 cm³/mol. The van der Waals surface area contributed by atoms with Gasteiger partial charge < -0.3 is 4.90 Å². The fraction of sp³-hybridized carbons (Fsp3) is 0.333. The van der Waals surface area contributed by atoms with Crippen LogP contribution < -0.4 is 0 Å². The van der Waals surface area contributed by atoms with E-state index in [2.05, 4.69) is 0 Å². The highest BCUT2D eigenvalue weighted by molar-refractivity contribution is 5.99. The SMILES string of the molecule is Cc1ccc(C(=O)CN2CCN(C(=O)c3ccccc3F)CC2)c(C)c1. The van der Waals surface area contributed by atoms with Crippen LogP contribution in [-0.4, -0.2) is 54.2 Å². The van der Waals surface area contributed by atoms with Gasteiger partial charge in [0.15, 0.2) is 5.78 Å². The monoisotopic (exact) mass is 354 g/mol. The molecule has 2 aromatic carbocycles. The van der Waals surface area contributed by atoms with Crippen LogP contribution in [0.5, 0.6) is 0 Å². The molecule has 0 atom stereocenters. The number of rotatable bonds is 4. The normalized spacial score (nSPS) is 15.1. The van der Waals surface area contributed by atoms with Gasteiger partial charge in [0.05, 0.1) is 12.1 Å². The second-order valence-corrected chi connectivity index (χ2v) is 6.79. The van der Waals surface area contributed by atoms with Crippen LogP contribution in [0.2, 0.25) is 0 Å². The summed E-state index contributed by atoms with van der Waals surface area (Å²) in [5, 5.41) is 0. The van der Waals surface area contributed by atoms with E-state index in [1.54, 1.807) is 17.0 Å². The summed E-state index contributed by atoms with van der Waals surface area (Å²) in [6, 6.07) is 11.9. The van der Waals surface area contributed by atoms with Crippen molar-refractivity contribution in [2.24, 2.45) is 0 Å². The van der Waals surface area contributed by atoms with Gasteiger partial charge in [-0.2, -0.15) is 0 Å². The lowest BCUT2D eigenvalue weighted by Gasteiger charge is -2.34. The van der Waals surface area contributed by atoms with Crippen molar-refractivity contribution in [2.45, 2.75) is 13.8 Å². The summed E-state index contributed by atoms with van der Waals surface area (Å²) in [6.07, 6.45) is 0. The molecule has 0 aliphatic carbocycles. The van der Waals surface area contributed by atoms with Gasteiger partial charge in [0.25, 0.3) is 5.91 Å². The average Bonchev–Trinajstić information content (AvgIpc) is 2.62. The summed E-state index contributed by atoms with van der Waals surface area (Å²) in [7, 11) is 0. The standard InChI is InChI=1S/C21H23FN2O2/c1-15-7-8-17(16(2)13-15)20(25)14-23-9-11-24(12-10-23)21(26)18-5-3-4-6-19(18)22/h3-8,13H,9-12,14H2,1-2H3. The van der Waals surface area contributed by atoms with Gasteiger partial charge in [0.2, 0.25) is 0 Å². The molecule has 0 radical (unpaired) electrons. The van der Waals surface area contributed by atoms with Crippen molar-refractivity contribution in [1.29, 1.82) is 0 Å². The summed E-state index contributed by atoms with van der Waals surface area (Å²) < 4.78 is 13.8. The van der Waals surface area contributed by atoms with Gasteiger partial charge in [-0.05, 0) is 31.5 Å². The molecule has 1 aliphatic heterocycles. The molecule has 0 saturated carbocycles. The topological polar surface area (TPSA) is 40.6 Å². The van der Waals surface area contributed by atoms with Gasteiger partial charge in [-0.1, -0.05) is 35.9 Å². The van der Waals surface area contributed by atoms with Crippen LogP contribution in [0, 0.1) is 19.7 Å². The van der Waals surface area contributed by atoms with Crippen molar-refractivity contribution < 1.29 is 14.0 Å². The third-order valence-electron chi connectivity index (χ3n) is 4.81. The Hall–Kier alpha value is -2.53. The first-order valence-corrected chi connectivity index (χ1v) is 8.82. The smallest absolute Gasteiger partial charge is 0.256 e. The molecule has 1 fully saturated rings. The van der Waals surface area contributed by atoms with E-state index in [0.29, 0.717) is 32.7 Å². The third-order valence-corrected chi connectivity index (χ3v) is 4.81. The lowest BCUT2D eigenvalue weighted by Crippen LogP contribution is -2.50. The molecule has 0 unspecified atom stereocenters. The van der Waals surface area contributed by atoms with Gasteiger partial charge in [0.1, 0.15) is 5.82 Å². The molecule has 3 rings (SSSR count). The number of ketones is 1. The molecule has 1 heterocycles. The van der Waals surface area contributed by atoms with E-state index >= 15 is 0 Å². The van der Waals surface area contributed by atoms with E-state index in [-0.39, 0.29) is 17.3 Å². The van der Waals surface area contributed by atoms with E-state index in [9.17, 15) is 14.0 Å². The maximum Gasteiger partial charge on any atom is 0.256 e. The number of piperazine rings is 1. The molecule has 0 spiro atoms. The number of carbonyl (C=O) groups is 2. The molecule has 0 bridgehead atoms. The first kappa shape index (κ1) is 18.3.